The maximum Gasteiger partial charge on any atom is 0.233 e. The first-order valence-corrected chi connectivity index (χ1v) is 12.2. The minimum Gasteiger partial charge on any atom is -0.355 e. The number of nitrogens with one attached hydrogen (secondary N) is 1. The maximum absolute atomic E-state index is 12.8. The second-order valence-corrected chi connectivity index (χ2v) is 9.68. The van der Waals surface area contributed by atoms with Gasteiger partial charge in [-0.1, -0.05) is 67.2 Å². The lowest BCUT2D eigenvalue weighted by molar-refractivity contribution is -0.120. The van der Waals surface area contributed by atoms with Gasteiger partial charge in [-0.2, -0.15) is 0 Å². The first-order valence-electron chi connectivity index (χ1n) is 11.3. The number of thioether (sulfide) groups is 1. The Balaban J connectivity index is 1.44. The third-order valence-electron chi connectivity index (χ3n) is 5.88. The van der Waals surface area contributed by atoms with Gasteiger partial charge in [0.1, 0.15) is 0 Å². The molecule has 2 atom stereocenters. The zero-order chi connectivity index (χ0) is 22.3. The molecule has 0 bridgehead atoms. The molecule has 1 aliphatic heterocycles. The molecule has 168 valence electrons. The molecule has 7 heteroatoms. The molecule has 0 spiro atoms. The number of likely N-dealkylation sites (tertiary alicyclic amines) is 1. The van der Waals surface area contributed by atoms with Gasteiger partial charge < -0.3 is 5.32 Å². The van der Waals surface area contributed by atoms with Crippen LogP contribution in [0.3, 0.4) is 0 Å². The second-order valence-electron chi connectivity index (χ2n) is 8.37. The summed E-state index contributed by atoms with van der Waals surface area (Å²) in [4.78, 5) is 15.2. The lowest BCUT2D eigenvalue weighted by Crippen LogP contribution is -2.33. The van der Waals surface area contributed by atoms with Crippen LogP contribution >= 0.6 is 11.8 Å². The summed E-state index contributed by atoms with van der Waals surface area (Å²) in [5, 5.41) is 12.6. The number of hydrogen-bond donors (Lipinski definition) is 1. The number of rotatable bonds is 9. The monoisotopic (exact) mass is 449 g/mol. The van der Waals surface area contributed by atoms with Gasteiger partial charge in [0.2, 0.25) is 5.91 Å². The first kappa shape index (κ1) is 22.6. The molecule has 1 aliphatic rings. The minimum atomic E-state index is -0.274. The fraction of sp³-hybridized carbons (Fsp3) is 0.400. The van der Waals surface area contributed by atoms with Gasteiger partial charge in [-0.3, -0.25) is 14.3 Å². The van der Waals surface area contributed by atoms with E-state index in [2.05, 4.69) is 56.2 Å². The van der Waals surface area contributed by atoms with E-state index < -0.39 is 0 Å². The van der Waals surface area contributed by atoms with Crippen molar-refractivity contribution in [1.29, 1.82) is 0 Å². The van der Waals surface area contributed by atoms with Crippen molar-refractivity contribution in [3.63, 3.8) is 0 Å². The molecule has 0 aliphatic carbocycles. The molecule has 0 saturated carbocycles. The Labute approximate surface area is 194 Å². The van der Waals surface area contributed by atoms with Gasteiger partial charge in [0.05, 0.1) is 11.8 Å². The Morgan fingerprint density at radius 2 is 1.66 bits per heavy atom. The SMILES string of the molecule is CC(Sc1nnc(CN2CCCC2)n1-c1ccccc1)C(=O)NCC(C)c1ccccc1. The molecule has 1 amide bonds. The molecule has 32 heavy (non-hydrogen) atoms. The summed E-state index contributed by atoms with van der Waals surface area (Å²) in [6.45, 7) is 7.64. The molecule has 4 rings (SSSR count). The van der Waals surface area contributed by atoms with Crippen LogP contribution in [0, 0.1) is 0 Å². The molecule has 0 radical (unpaired) electrons. The Morgan fingerprint density at radius 3 is 2.34 bits per heavy atom. The minimum absolute atomic E-state index is 0.0153. The number of aromatic nitrogens is 3. The Morgan fingerprint density at radius 1 is 1.00 bits per heavy atom. The molecule has 2 heterocycles. The van der Waals surface area contributed by atoms with Crippen LogP contribution in [-0.4, -0.2) is 50.5 Å². The molecule has 1 aromatic heterocycles. The smallest absolute Gasteiger partial charge is 0.233 e. The molecule has 2 aromatic carbocycles. The molecule has 3 aromatic rings. The number of nitrogens with zero attached hydrogens (tertiary/aromatic N) is 4. The van der Waals surface area contributed by atoms with E-state index in [1.807, 2.05) is 43.3 Å². The number of para-hydroxylation sites is 1. The van der Waals surface area contributed by atoms with Gasteiger partial charge in [-0.05, 0) is 56.5 Å². The highest BCUT2D eigenvalue weighted by atomic mass is 32.2. The van der Waals surface area contributed by atoms with Gasteiger partial charge in [0.25, 0.3) is 0 Å². The molecule has 1 fully saturated rings. The van der Waals surface area contributed by atoms with Crippen molar-refractivity contribution in [2.75, 3.05) is 19.6 Å². The lowest BCUT2D eigenvalue weighted by atomic mass is 10.0. The predicted octanol–water partition coefficient (Wildman–Crippen LogP) is 4.26. The highest BCUT2D eigenvalue weighted by Crippen LogP contribution is 2.27. The van der Waals surface area contributed by atoms with Crippen LogP contribution in [0.5, 0.6) is 0 Å². The number of carbonyl (C=O) groups excluding carboxylic acids is 1. The van der Waals surface area contributed by atoms with Gasteiger partial charge in [-0.25, -0.2) is 0 Å². The van der Waals surface area contributed by atoms with E-state index in [-0.39, 0.29) is 17.1 Å². The van der Waals surface area contributed by atoms with Crippen LogP contribution in [0.1, 0.15) is 44.0 Å². The van der Waals surface area contributed by atoms with Crippen LogP contribution in [0.4, 0.5) is 0 Å². The summed E-state index contributed by atoms with van der Waals surface area (Å²) in [6, 6.07) is 20.4. The number of benzene rings is 2. The van der Waals surface area contributed by atoms with E-state index >= 15 is 0 Å². The number of carbonyl (C=O) groups is 1. The molecule has 6 nitrogen and oxygen atoms in total. The third kappa shape index (κ3) is 5.58. The first-order chi connectivity index (χ1) is 15.6. The largest absolute Gasteiger partial charge is 0.355 e. The maximum atomic E-state index is 12.8. The fourth-order valence-corrected chi connectivity index (χ4v) is 4.88. The zero-order valence-electron chi connectivity index (χ0n) is 18.8. The van der Waals surface area contributed by atoms with Crippen molar-refractivity contribution >= 4 is 17.7 Å². The van der Waals surface area contributed by atoms with Gasteiger partial charge in [0, 0.05) is 12.2 Å². The summed E-state index contributed by atoms with van der Waals surface area (Å²) in [7, 11) is 0. The van der Waals surface area contributed by atoms with Gasteiger partial charge >= 0.3 is 0 Å². The van der Waals surface area contributed by atoms with Crippen LogP contribution in [0.25, 0.3) is 5.69 Å². The van der Waals surface area contributed by atoms with Crippen LogP contribution < -0.4 is 5.32 Å². The summed E-state index contributed by atoms with van der Waals surface area (Å²) in [6.07, 6.45) is 2.47. The van der Waals surface area contributed by atoms with Crippen molar-refractivity contribution in [3.05, 3.63) is 72.1 Å². The van der Waals surface area contributed by atoms with E-state index in [4.69, 9.17) is 0 Å². The Bertz CT molecular complexity index is 1000. The van der Waals surface area contributed by atoms with Crippen LogP contribution in [-0.2, 0) is 11.3 Å². The molecular weight excluding hydrogens is 418 g/mol. The number of amides is 1. The van der Waals surface area contributed by atoms with Crippen molar-refractivity contribution in [2.45, 2.75) is 49.6 Å². The third-order valence-corrected chi connectivity index (χ3v) is 6.92. The van der Waals surface area contributed by atoms with Crippen LogP contribution in [0.15, 0.2) is 65.8 Å². The highest BCUT2D eigenvalue weighted by Gasteiger charge is 2.23. The van der Waals surface area contributed by atoms with Gasteiger partial charge in [-0.15, -0.1) is 10.2 Å². The highest BCUT2D eigenvalue weighted by molar-refractivity contribution is 8.00. The average Bonchev–Trinajstić information content (AvgIpc) is 3.48. The normalized spacial score (nSPS) is 16.1. The van der Waals surface area contributed by atoms with E-state index in [1.54, 1.807) is 0 Å². The summed E-state index contributed by atoms with van der Waals surface area (Å²) in [5.74, 6) is 1.20. The Hall–Kier alpha value is -2.64. The number of hydrogen-bond acceptors (Lipinski definition) is 5. The van der Waals surface area contributed by atoms with E-state index in [0.717, 1.165) is 36.3 Å². The molecule has 1 N–H and O–H groups in total. The molecule has 1 saturated heterocycles. The Kier molecular flexibility index (Phi) is 7.60. The quantitative estimate of drug-likeness (QED) is 0.495. The zero-order valence-corrected chi connectivity index (χ0v) is 19.6. The lowest BCUT2D eigenvalue weighted by Gasteiger charge is -2.18. The standard InChI is InChI=1S/C25H31N5OS/c1-19(21-11-5-3-6-12-21)17-26-24(31)20(2)32-25-28-27-23(18-29-15-9-10-16-29)30(25)22-13-7-4-8-14-22/h3-8,11-14,19-20H,9-10,15-18H2,1-2H3,(H,26,31). The fourth-order valence-electron chi connectivity index (χ4n) is 3.96. The van der Waals surface area contributed by atoms with E-state index in [0.29, 0.717) is 6.54 Å². The van der Waals surface area contributed by atoms with Crippen molar-refractivity contribution in [3.8, 4) is 5.69 Å². The average molecular weight is 450 g/mol. The van der Waals surface area contributed by atoms with Crippen molar-refractivity contribution in [2.24, 2.45) is 0 Å². The summed E-state index contributed by atoms with van der Waals surface area (Å²) < 4.78 is 2.10. The van der Waals surface area contributed by atoms with Gasteiger partial charge in [0.15, 0.2) is 11.0 Å². The van der Waals surface area contributed by atoms with Crippen LogP contribution in [0.2, 0.25) is 0 Å². The summed E-state index contributed by atoms with van der Waals surface area (Å²) in [5.41, 5.74) is 2.25. The van der Waals surface area contributed by atoms with E-state index in [1.165, 1.54) is 30.2 Å². The summed E-state index contributed by atoms with van der Waals surface area (Å²) >= 11 is 1.46. The van der Waals surface area contributed by atoms with Crippen molar-refractivity contribution in [1.82, 2.24) is 25.0 Å². The van der Waals surface area contributed by atoms with Crippen molar-refractivity contribution < 1.29 is 4.79 Å². The van der Waals surface area contributed by atoms with E-state index in [9.17, 15) is 4.79 Å². The topological polar surface area (TPSA) is 63.1 Å². The second kappa shape index (κ2) is 10.8. The predicted molar refractivity (Wildman–Crippen MR) is 129 cm³/mol. The molecular formula is C25H31N5OS. The molecule has 2 unspecified atom stereocenters.